The molecule has 0 unspecified atom stereocenters. The molecule has 1 heterocycles. The molecular formula is C16H17ClN2OS. The summed E-state index contributed by atoms with van der Waals surface area (Å²) in [5, 5.41) is 6.18. The Morgan fingerprint density at radius 1 is 1.29 bits per heavy atom. The average molecular weight is 321 g/mol. The molecular weight excluding hydrogens is 304 g/mol. The molecule has 3 nitrogen and oxygen atoms in total. The van der Waals surface area contributed by atoms with Crippen LogP contribution in [0.2, 0.25) is 5.02 Å². The van der Waals surface area contributed by atoms with E-state index in [0.717, 1.165) is 31.2 Å². The van der Waals surface area contributed by atoms with Gasteiger partial charge in [-0.2, -0.15) is 0 Å². The first-order chi connectivity index (χ1) is 10.2. The quantitative estimate of drug-likeness (QED) is 0.895. The van der Waals surface area contributed by atoms with Gasteiger partial charge in [0.15, 0.2) is 5.13 Å². The van der Waals surface area contributed by atoms with E-state index in [1.165, 1.54) is 17.8 Å². The Morgan fingerprint density at radius 3 is 2.76 bits per heavy atom. The molecule has 1 N–H and O–H groups in total. The van der Waals surface area contributed by atoms with Gasteiger partial charge in [-0.1, -0.05) is 43.0 Å². The van der Waals surface area contributed by atoms with Gasteiger partial charge in [-0.25, -0.2) is 4.98 Å². The fourth-order valence-corrected chi connectivity index (χ4v) is 3.80. The van der Waals surface area contributed by atoms with Crippen molar-refractivity contribution in [3.63, 3.8) is 0 Å². The average Bonchev–Trinajstić information content (AvgIpc) is 3.01. The maximum Gasteiger partial charge on any atom is 0.236 e. The standard InChI is InChI=1S/C16H17ClN2OS/c17-13-6-4-5-12(11-13)16(7-2-1-3-8-16)14(20)19-15-18-9-10-21-15/h4-6,9-11H,1-3,7-8H2,(H,18,19,20). The molecule has 0 bridgehead atoms. The summed E-state index contributed by atoms with van der Waals surface area (Å²) in [6.07, 6.45) is 6.75. The molecule has 1 saturated carbocycles. The van der Waals surface area contributed by atoms with Crippen LogP contribution in [-0.2, 0) is 10.2 Å². The van der Waals surface area contributed by atoms with Crippen molar-refractivity contribution in [3.8, 4) is 0 Å². The lowest BCUT2D eigenvalue weighted by atomic mass is 9.69. The molecule has 0 saturated heterocycles. The lowest BCUT2D eigenvalue weighted by molar-refractivity contribution is -0.122. The fourth-order valence-electron chi connectivity index (χ4n) is 3.09. The van der Waals surface area contributed by atoms with E-state index in [-0.39, 0.29) is 5.91 Å². The number of carbonyl (C=O) groups is 1. The number of rotatable bonds is 3. The van der Waals surface area contributed by atoms with Crippen molar-refractivity contribution in [1.29, 1.82) is 0 Å². The van der Waals surface area contributed by atoms with Crippen molar-refractivity contribution in [2.75, 3.05) is 5.32 Å². The fraction of sp³-hybridized carbons (Fsp3) is 0.375. The topological polar surface area (TPSA) is 42.0 Å². The molecule has 110 valence electrons. The van der Waals surface area contributed by atoms with Gasteiger partial charge in [0.05, 0.1) is 5.41 Å². The number of anilines is 1. The Kier molecular flexibility index (Phi) is 4.27. The summed E-state index contributed by atoms with van der Waals surface area (Å²) in [6, 6.07) is 7.71. The zero-order chi connectivity index (χ0) is 14.7. The number of halogens is 1. The number of thiazole rings is 1. The van der Waals surface area contributed by atoms with Crippen LogP contribution in [-0.4, -0.2) is 10.9 Å². The van der Waals surface area contributed by atoms with Crippen LogP contribution >= 0.6 is 22.9 Å². The van der Waals surface area contributed by atoms with Crippen molar-refractivity contribution >= 4 is 34.0 Å². The van der Waals surface area contributed by atoms with Gasteiger partial charge in [-0.3, -0.25) is 4.79 Å². The van der Waals surface area contributed by atoms with E-state index in [4.69, 9.17) is 11.6 Å². The van der Waals surface area contributed by atoms with Crippen molar-refractivity contribution in [2.45, 2.75) is 37.5 Å². The lowest BCUT2D eigenvalue weighted by Crippen LogP contribution is -2.42. The van der Waals surface area contributed by atoms with Gasteiger partial charge in [0.1, 0.15) is 0 Å². The van der Waals surface area contributed by atoms with E-state index in [1.807, 2.05) is 29.6 Å². The van der Waals surface area contributed by atoms with E-state index >= 15 is 0 Å². The van der Waals surface area contributed by atoms with Crippen LogP contribution in [0, 0.1) is 0 Å². The Labute approximate surface area is 133 Å². The molecule has 21 heavy (non-hydrogen) atoms. The van der Waals surface area contributed by atoms with Crippen LogP contribution in [0.3, 0.4) is 0 Å². The lowest BCUT2D eigenvalue weighted by Gasteiger charge is -2.36. The molecule has 1 amide bonds. The van der Waals surface area contributed by atoms with Gasteiger partial charge in [0, 0.05) is 16.6 Å². The van der Waals surface area contributed by atoms with Gasteiger partial charge < -0.3 is 5.32 Å². The smallest absolute Gasteiger partial charge is 0.236 e. The molecule has 3 rings (SSSR count). The maximum absolute atomic E-state index is 12.9. The highest BCUT2D eigenvalue weighted by molar-refractivity contribution is 7.13. The summed E-state index contributed by atoms with van der Waals surface area (Å²) in [4.78, 5) is 17.1. The molecule has 0 atom stereocenters. The highest BCUT2D eigenvalue weighted by Crippen LogP contribution is 2.41. The number of aromatic nitrogens is 1. The van der Waals surface area contributed by atoms with Gasteiger partial charge in [0.2, 0.25) is 5.91 Å². The highest BCUT2D eigenvalue weighted by Gasteiger charge is 2.41. The minimum absolute atomic E-state index is 0.0411. The van der Waals surface area contributed by atoms with Gasteiger partial charge in [-0.15, -0.1) is 11.3 Å². The molecule has 2 aromatic rings. The minimum Gasteiger partial charge on any atom is -0.301 e. The van der Waals surface area contributed by atoms with Crippen LogP contribution in [0.1, 0.15) is 37.7 Å². The zero-order valence-electron chi connectivity index (χ0n) is 11.6. The van der Waals surface area contributed by atoms with Crippen LogP contribution in [0.4, 0.5) is 5.13 Å². The number of hydrogen-bond donors (Lipinski definition) is 1. The van der Waals surface area contributed by atoms with E-state index < -0.39 is 5.41 Å². The van der Waals surface area contributed by atoms with E-state index in [1.54, 1.807) is 6.20 Å². The first-order valence-electron chi connectivity index (χ1n) is 7.18. The van der Waals surface area contributed by atoms with Crippen LogP contribution < -0.4 is 5.32 Å². The molecule has 1 aromatic heterocycles. The summed E-state index contributed by atoms with van der Waals surface area (Å²) in [6.45, 7) is 0. The van der Waals surface area contributed by atoms with Crippen LogP contribution in [0.5, 0.6) is 0 Å². The number of hydrogen-bond acceptors (Lipinski definition) is 3. The predicted octanol–water partition coefficient (Wildman–Crippen LogP) is 4.64. The molecule has 5 heteroatoms. The Hall–Kier alpha value is -1.39. The van der Waals surface area contributed by atoms with Crippen LogP contribution in [0.15, 0.2) is 35.8 Å². The number of amides is 1. The molecule has 1 aromatic carbocycles. The van der Waals surface area contributed by atoms with Crippen molar-refractivity contribution in [3.05, 3.63) is 46.4 Å². The zero-order valence-corrected chi connectivity index (χ0v) is 13.2. The SMILES string of the molecule is O=C(Nc1nccs1)C1(c2cccc(Cl)c2)CCCCC1. The van der Waals surface area contributed by atoms with Gasteiger partial charge in [0.25, 0.3) is 0 Å². The van der Waals surface area contributed by atoms with Crippen molar-refractivity contribution < 1.29 is 4.79 Å². The van der Waals surface area contributed by atoms with Crippen LogP contribution in [0.25, 0.3) is 0 Å². The van der Waals surface area contributed by atoms with Crippen molar-refractivity contribution in [1.82, 2.24) is 4.98 Å². The molecule has 0 spiro atoms. The van der Waals surface area contributed by atoms with E-state index in [0.29, 0.717) is 10.2 Å². The summed E-state index contributed by atoms with van der Waals surface area (Å²) >= 11 is 7.57. The summed E-state index contributed by atoms with van der Waals surface area (Å²) < 4.78 is 0. The number of benzene rings is 1. The summed E-state index contributed by atoms with van der Waals surface area (Å²) in [5.41, 5.74) is 0.540. The number of nitrogens with zero attached hydrogens (tertiary/aromatic N) is 1. The molecule has 1 aliphatic rings. The number of carbonyl (C=O) groups excluding carboxylic acids is 1. The van der Waals surface area contributed by atoms with Gasteiger partial charge >= 0.3 is 0 Å². The predicted molar refractivity (Wildman–Crippen MR) is 87.0 cm³/mol. The summed E-state index contributed by atoms with van der Waals surface area (Å²) in [5.74, 6) is 0.0411. The highest BCUT2D eigenvalue weighted by atomic mass is 35.5. The van der Waals surface area contributed by atoms with E-state index in [2.05, 4.69) is 10.3 Å². The molecule has 1 fully saturated rings. The molecule has 0 radical (unpaired) electrons. The normalized spacial score (nSPS) is 17.4. The second-order valence-corrected chi connectivity index (χ2v) is 6.78. The largest absolute Gasteiger partial charge is 0.301 e. The second kappa shape index (κ2) is 6.16. The van der Waals surface area contributed by atoms with E-state index in [9.17, 15) is 4.79 Å². The second-order valence-electron chi connectivity index (χ2n) is 5.44. The minimum atomic E-state index is -0.477. The molecule has 1 aliphatic carbocycles. The third kappa shape index (κ3) is 2.97. The third-order valence-electron chi connectivity index (χ3n) is 4.17. The summed E-state index contributed by atoms with van der Waals surface area (Å²) in [7, 11) is 0. The third-order valence-corrected chi connectivity index (χ3v) is 5.10. The first-order valence-corrected chi connectivity index (χ1v) is 8.43. The Balaban J connectivity index is 1.94. The van der Waals surface area contributed by atoms with Crippen molar-refractivity contribution in [2.24, 2.45) is 0 Å². The first kappa shape index (κ1) is 14.5. The Bertz CT molecular complexity index is 621. The van der Waals surface area contributed by atoms with Gasteiger partial charge in [-0.05, 0) is 30.5 Å². The Morgan fingerprint density at radius 2 is 2.10 bits per heavy atom. The monoisotopic (exact) mass is 320 g/mol. The maximum atomic E-state index is 12.9. The number of nitrogens with one attached hydrogen (secondary N) is 1. The molecule has 0 aliphatic heterocycles.